The monoisotopic (exact) mass is 538 g/mol. The summed E-state index contributed by atoms with van der Waals surface area (Å²) >= 11 is 0. The standard InChI is InChI=1S/C30H34N8O2/c1-21-24(20-35-9-11-36(12-10-35)26-6-4-3-5-23(26)18-31)17-27(34(21)2)29(39)37-13-15-38(16-14-37)30-25(19-32)33-28(40-30)22-7-8-22/h3-6,17,22H,7-16,20H2,1-2H3. The minimum Gasteiger partial charge on any atom is -0.423 e. The Morgan fingerprint density at radius 1 is 1.00 bits per heavy atom. The Kier molecular flexibility index (Phi) is 6.95. The van der Waals surface area contributed by atoms with Crippen molar-refractivity contribution in [3.8, 4) is 12.1 Å². The zero-order valence-electron chi connectivity index (χ0n) is 23.1. The molecule has 10 heteroatoms. The summed E-state index contributed by atoms with van der Waals surface area (Å²) in [6.45, 7) is 8.73. The summed E-state index contributed by atoms with van der Waals surface area (Å²) in [5.74, 6) is 1.60. The highest BCUT2D eigenvalue weighted by atomic mass is 16.4. The topological polar surface area (TPSA) is 109 Å². The fourth-order valence-corrected chi connectivity index (χ4v) is 5.75. The normalized spacial score (nSPS) is 18.1. The Morgan fingerprint density at radius 3 is 2.38 bits per heavy atom. The lowest BCUT2D eigenvalue weighted by Crippen LogP contribution is -2.49. The zero-order chi connectivity index (χ0) is 27.8. The Labute approximate surface area is 234 Å². The van der Waals surface area contributed by atoms with Crippen LogP contribution in [0.4, 0.5) is 11.6 Å². The summed E-state index contributed by atoms with van der Waals surface area (Å²) < 4.78 is 7.98. The lowest BCUT2D eigenvalue weighted by atomic mass is 10.1. The quantitative estimate of drug-likeness (QED) is 0.471. The van der Waals surface area contributed by atoms with Gasteiger partial charge >= 0.3 is 0 Å². The molecule has 2 aliphatic heterocycles. The van der Waals surface area contributed by atoms with Gasteiger partial charge in [0, 0.05) is 77.6 Å². The number of oxazole rings is 1. The number of carbonyl (C=O) groups is 1. The van der Waals surface area contributed by atoms with E-state index in [2.05, 4.69) is 33.8 Å². The highest BCUT2D eigenvalue weighted by molar-refractivity contribution is 5.93. The van der Waals surface area contributed by atoms with Gasteiger partial charge in [-0.2, -0.15) is 10.5 Å². The number of anilines is 2. The minimum atomic E-state index is 0.0335. The molecule has 0 unspecified atom stereocenters. The van der Waals surface area contributed by atoms with Gasteiger partial charge < -0.3 is 23.7 Å². The summed E-state index contributed by atoms with van der Waals surface area (Å²) in [5, 5.41) is 19.0. The molecular formula is C30H34N8O2. The first-order chi connectivity index (χ1) is 19.5. The Balaban J connectivity index is 1.07. The van der Waals surface area contributed by atoms with Crippen molar-refractivity contribution in [2.24, 2.45) is 7.05 Å². The van der Waals surface area contributed by atoms with E-state index in [1.807, 2.05) is 51.7 Å². The summed E-state index contributed by atoms with van der Waals surface area (Å²) in [6, 6.07) is 14.3. The SMILES string of the molecule is Cc1c(CN2CCN(c3ccccc3C#N)CC2)cc(C(=O)N2CCN(c3oc(C4CC4)nc3C#N)CC2)n1C. The van der Waals surface area contributed by atoms with Crippen LogP contribution in [-0.2, 0) is 13.6 Å². The fourth-order valence-electron chi connectivity index (χ4n) is 5.75. The summed E-state index contributed by atoms with van der Waals surface area (Å²) in [5.41, 5.74) is 5.04. The van der Waals surface area contributed by atoms with E-state index in [-0.39, 0.29) is 5.91 Å². The van der Waals surface area contributed by atoms with Gasteiger partial charge in [0.15, 0.2) is 0 Å². The van der Waals surface area contributed by atoms with Crippen LogP contribution in [0, 0.1) is 29.6 Å². The number of aromatic nitrogens is 2. The third-order valence-corrected chi connectivity index (χ3v) is 8.50. The second kappa shape index (κ2) is 10.7. The van der Waals surface area contributed by atoms with Gasteiger partial charge in [-0.15, -0.1) is 0 Å². The van der Waals surface area contributed by atoms with Gasteiger partial charge in [0.1, 0.15) is 17.8 Å². The maximum atomic E-state index is 13.6. The number of hydrogen-bond donors (Lipinski definition) is 0. The number of benzene rings is 1. The molecule has 2 saturated heterocycles. The molecule has 1 aliphatic carbocycles. The molecule has 1 amide bonds. The van der Waals surface area contributed by atoms with E-state index in [0.717, 1.165) is 56.9 Å². The van der Waals surface area contributed by atoms with Crippen molar-refractivity contribution in [2.45, 2.75) is 32.2 Å². The van der Waals surface area contributed by atoms with Crippen molar-refractivity contribution < 1.29 is 9.21 Å². The van der Waals surface area contributed by atoms with Gasteiger partial charge in [0.25, 0.3) is 5.91 Å². The molecule has 3 fully saturated rings. The van der Waals surface area contributed by atoms with Crippen LogP contribution in [0.2, 0.25) is 0 Å². The summed E-state index contributed by atoms with van der Waals surface area (Å²) in [4.78, 5) is 26.6. The molecule has 2 aromatic heterocycles. The molecule has 0 spiro atoms. The molecular weight excluding hydrogens is 504 g/mol. The molecule has 0 bridgehead atoms. The van der Waals surface area contributed by atoms with E-state index in [4.69, 9.17) is 4.42 Å². The second-order valence-electron chi connectivity index (χ2n) is 11.0. The van der Waals surface area contributed by atoms with Gasteiger partial charge in [0.2, 0.25) is 17.5 Å². The number of hydrogen-bond acceptors (Lipinski definition) is 8. The summed E-state index contributed by atoms with van der Waals surface area (Å²) in [7, 11) is 1.96. The first-order valence-electron chi connectivity index (χ1n) is 14.0. The third-order valence-electron chi connectivity index (χ3n) is 8.50. The van der Waals surface area contributed by atoms with E-state index in [9.17, 15) is 15.3 Å². The van der Waals surface area contributed by atoms with E-state index in [1.54, 1.807) is 0 Å². The fraction of sp³-hybridized carbons (Fsp3) is 0.467. The van der Waals surface area contributed by atoms with E-state index < -0.39 is 0 Å². The largest absolute Gasteiger partial charge is 0.423 e. The predicted octanol–water partition coefficient (Wildman–Crippen LogP) is 3.23. The van der Waals surface area contributed by atoms with Crippen LogP contribution in [0.3, 0.4) is 0 Å². The molecule has 10 nitrogen and oxygen atoms in total. The number of nitriles is 2. The van der Waals surface area contributed by atoms with Gasteiger partial charge in [-0.1, -0.05) is 12.1 Å². The Bertz CT molecular complexity index is 1490. The lowest BCUT2D eigenvalue weighted by molar-refractivity contribution is 0.0735. The third kappa shape index (κ3) is 4.91. The van der Waals surface area contributed by atoms with Crippen LogP contribution in [0.15, 0.2) is 34.7 Å². The van der Waals surface area contributed by atoms with Crippen LogP contribution in [-0.4, -0.2) is 77.6 Å². The average molecular weight is 539 g/mol. The zero-order valence-corrected chi connectivity index (χ0v) is 23.1. The smallest absolute Gasteiger partial charge is 0.270 e. The number of carbonyl (C=O) groups excluding carboxylic acids is 1. The van der Waals surface area contributed by atoms with Crippen molar-refractivity contribution >= 4 is 17.5 Å². The average Bonchev–Trinajstić information content (AvgIpc) is 3.70. The van der Waals surface area contributed by atoms with Crippen LogP contribution in [0.1, 0.15) is 57.7 Å². The first-order valence-corrected chi connectivity index (χ1v) is 14.0. The molecule has 4 heterocycles. The van der Waals surface area contributed by atoms with Crippen molar-refractivity contribution in [1.29, 1.82) is 10.5 Å². The first kappa shape index (κ1) is 26.0. The molecule has 40 heavy (non-hydrogen) atoms. The number of para-hydroxylation sites is 1. The predicted molar refractivity (Wildman–Crippen MR) is 150 cm³/mol. The van der Waals surface area contributed by atoms with Gasteiger partial charge in [-0.25, -0.2) is 4.98 Å². The molecule has 1 saturated carbocycles. The van der Waals surface area contributed by atoms with E-state index in [1.165, 1.54) is 5.56 Å². The van der Waals surface area contributed by atoms with Crippen LogP contribution in [0.5, 0.6) is 0 Å². The van der Waals surface area contributed by atoms with Crippen LogP contribution < -0.4 is 9.80 Å². The van der Waals surface area contributed by atoms with E-state index in [0.29, 0.717) is 60.8 Å². The molecule has 3 aliphatic rings. The van der Waals surface area contributed by atoms with Gasteiger partial charge in [0.05, 0.1) is 11.3 Å². The highest BCUT2D eigenvalue weighted by Gasteiger charge is 2.33. The highest BCUT2D eigenvalue weighted by Crippen LogP contribution is 2.41. The summed E-state index contributed by atoms with van der Waals surface area (Å²) in [6.07, 6.45) is 2.14. The van der Waals surface area contributed by atoms with Gasteiger partial charge in [-0.05, 0) is 43.5 Å². The van der Waals surface area contributed by atoms with Crippen molar-refractivity contribution in [3.63, 3.8) is 0 Å². The Hall–Kier alpha value is -4.28. The van der Waals surface area contributed by atoms with Crippen molar-refractivity contribution in [1.82, 2.24) is 19.4 Å². The molecule has 6 rings (SSSR count). The molecule has 3 aromatic rings. The maximum absolute atomic E-state index is 13.6. The second-order valence-corrected chi connectivity index (χ2v) is 11.0. The molecule has 0 atom stereocenters. The number of amides is 1. The molecule has 0 N–H and O–H groups in total. The minimum absolute atomic E-state index is 0.0335. The number of rotatable bonds is 6. The van der Waals surface area contributed by atoms with Gasteiger partial charge in [-0.3, -0.25) is 9.69 Å². The van der Waals surface area contributed by atoms with Crippen molar-refractivity contribution in [2.75, 3.05) is 62.2 Å². The number of piperazine rings is 2. The molecule has 1 aromatic carbocycles. The molecule has 206 valence electrons. The van der Waals surface area contributed by atoms with Crippen molar-refractivity contribution in [3.05, 3.63) is 64.4 Å². The van der Waals surface area contributed by atoms with Crippen LogP contribution in [0.25, 0.3) is 0 Å². The number of nitrogens with zero attached hydrogens (tertiary/aromatic N) is 8. The lowest BCUT2D eigenvalue weighted by Gasteiger charge is -2.36. The molecule has 0 radical (unpaired) electrons. The Morgan fingerprint density at radius 2 is 1.70 bits per heavy atom. The van der Waals surface area contributed by atoms with E-state index >= 15 is 0 Å². The maximum Gasteiger partial charge on any atom is 0.270 e. The van der Waals surface area contributed by atoms with Crippen LogP contribution >= 0.6 is 0 Å².